The summed E-state index contributed by atoms with van der Waals surface area (Å²) in [7, 11) is -18.8. The van der Waals surface area contributed by atoms with E-state index < -0.39 is 83.7 Å². The van der Waals surface area contributed by atoms with Gasteiger partial charge in [0, 0.05) is 66.5 Å². The largest absolute Gasteiger partial charge is 3.00 e. The van der Waals surface area contributed by atoms with Crippen LogP contribution in [0.3, 0.4) is 0 Å². The molecule has 0 saturated carbocycles. The molecule has 0 saturated heterocycles. The fraction of sp³-hybridized carbons (Fsp3) is 0. The smallest absolute Gasteiger partial charge is 0.744 e. The van der Waals surface area contributed by atoms with Crippen LogP contribution in [0.1, 0.15) is 41.4 Å². The van der Waals surface area contributed by atoms with Crippen LogP contribution in [0.25, 0.3) is 43.1 Å². The summed E-state index contributed by atoms with van der Waals surface area (Å²) < 4.78 is 138. The van der Waals surface area contributed by atoms with Crippen LogP contribution in [-0.4, -0.2) is 75.5 Å². The Morgan fingerprint density at radius 1 is 0.280 bits per heavy atom. The quantitative estimate of drug-likeness (QED) is 0.0852. The summed E-state index contributed by atoms with van der Waals surface area (Å²) in [5.74, 6) is -2.36. The van der Waals surface area contributed by atoms with Gasteiger partial charge in [-0.15, -0.1) is 0 Å². The van der Waals surface area contributed by atoms with Crippen LogP contribution in [-0.2, 0) is 66.3 Å². The molecule has 0 heterocycles. The topological polar surface area (TPSA) is 345 Å². The molecule has 0 radical (unpaired) electrons. The first-order valence-corrected chi connectivity index (χ1v) is 28.8. The summed E-state index contributed by atoms with van der Waals surface area (Å²) in [6.07, 6.45) is 0. The molecule has 0 aliphatic carbocycles. The van der Waals surface area contributed by atoms with Crippen LogP contribution >= 0.6 is 0 Å². The van der Waals surface area contributed by atoms with E-state index in [1.165, 1.54) is 121 Å². The molecule has 0 atom stereocenters. The second-order valence-electron chi connectivity index (χ2n) is 17.5. The zero-order chi connectivity index (χ0) is 57.3. The summed E-state index contributed by atoms with van der Waals surface area (Å²) in [6.45, 7) is 0. The van der Waals surface area contributed by atoms with Gasteiger partial charge in [-0.25, -0.2) is 33.7 Å². The van der Waals surface area contributed by atoms with E-state index in [4.69, 9.17) is 0 Å². The summed E-state index contributed by atoms with van der Waals surface area (Å²) >= 11 is 0. The van der Waals surface area contributed by atoms with E-state index in [-0.39, 0.29) is 100 Å². The summed E-state index contributed by atoms with van der Waals surface area (Å²) in [5.41, 5.74) is 1.55. The van der Waals surface area contributed by atoms with E-state index in [1.54, 1.807) is 72.8 Å². The third kappa shape index (κ3) is 14.4. The van der Waals surface area contributed by atoms with Gasteiger partial charge in [0.25, 0.3) is 23.6 Å². The SMILES string of the molecule is O=C(Nc1cccc2ccc(S(=O)(=O)[O-])cc12)c1cccc(C(=O)Nc2cccc3ccc(S(=O)(=O)[O-])cc23)c1.O=C(Nc1cccc2ccc(S(=O)(=O)[O-])cc12)c1cccc(C(=O)Nc2cccc3ccc(S(=O)(=O)[O-])cc23)c1.[Na+].[Sc+3]. The molecule has 4 amide bonds. The zero-order valence-electron chi connectivity index (χ0n) is 42.2. The Morgan fingerprint density at radius 3 is 0.671 bits per heavy atom. The first kappa shape index (κ1) is 62.2. The third-order valence-corrected chi connectivity index (χ3v) is 15.7. The van der Waals surface area contributed by atoms with Crippen molar-refractivity contribution in [2.45, 2.75) is 19.6 Å². The van der Waals surface area contributed by atoms with Crippen LogP contribution in [0, 0.1) is 0 Å². The fourth-order valence-electron chi connectivity index (χ4n) is 8.45. The van der Waals surface area contributed by atoms with E-state index in [2.05, 4.69) is 21.3 Å². The summed E-state index contributed by atoms with van der Waals surface area (Å²) in [4.78, 5) is 50.5. The molecule has 82 heavy (non-hydrogen) atoms. The molecule has 10 aromatic rings. The average Bonchev–Trinajstić information content (AvgIpc) is 3.53. The number of carbonyl (C=O) groups excluding carboxylic acids is 4. The van der Waals surface area contributed by atoms with Crippen molar-refractivity contribution >= 4 is 130 Å². The molecule has 0 aliphatic heterocycles. The maximum atomic E-state index is 13.1. The van der Waals surface area contributed by atoms with Crippen LogP contribution in [0.4, 0.5) is 22.7 Å². The van der Waals surface area contributed by atoms with Gasteiger partial charge in [0.2, 0.25) is 0 Å². The molecule has 0 bridgehead atoms. The normalized spacial score (nSPS) is 11.6. The van der Waals surface area contributed by atoms with Gasteiger partial charge >= 0.3 is 55.4 Å². The minimum atomic E-state index is -4.71. The maximum absolute atomic E-state index is 13.1. The van der Waals surface area contributed by atoms with Crippen molar-refractivity contribution < 1.29 is 126 Å². The molecule has 404 valence electrons. The Balaban J connectivity index is 0.000000230. The van der Waals surface area contributed by atoms with Gasteiger partial charge in [-0.1, -0.05) is 84.9 Å². The molecule has 0 aliphatic rings. The van der Waals surface area contributed by atoms with Crippen LogP contribution in [0.15, 0.2) is 214 Å². The van der Waals surface area contributed by atoms with Crippen molar-refractivity contribution in [2.75, 3.05) is 21.3 Å². The number of hydrogen-bond acceptors (Lipinski definition) is 16. The zero-order valence-corrected chi connectivity index (χ0v) is 49.3. The number of hydrogen-bond donors (Lipinski definition) is 4. The Hall–Kier alpha value is -7.37. The van der Waals surface area contributed by atoms with Crippen LogP contribution in [0.2, 0.25) is 0 Å². The maximum Gasteiger partial charge on any atom is 3.00 e. The van der Waals surface area contributed by atoms with E-state index in [0.29, 0.717) is 43.1 Å². The van der Waals surface area contributed by atoms with Gasteiger partial charge in [0.1, 0.15) is 40.5 Å². The number of nitrogens with one attached hydrogen (secondary N) is 4. The molecule has 20 nitrogen and oxygen atoms in total. The molecule has 26 heteroatoms. The molecular formula is C56H36N4NaO16S4Sc. The third-order valence-electron chi connectivity index (χ3n) is 12.3. The van der Waals surface area contributed by atoms with Crippen molar-refractivity contribution in [2.24, 2.45) is 0 Å². The van der Waals surface area contributed by atoms with E-state index in [0.717, 1.165) is 0 Å². The average molecular weight is 1220 g/mol. The first-order chi connectivity index (χ1) is 37.8. The van der Waals surface area contributed by atoms with E-state index in [9.17, 15) is 71.1 Å². The second-order valence-corrected chi connectivity index (χ2v) is 23.1. The van der Waals surface area contributed by atoms with Gasteiger partial charge in [-0.3, -0.25) is 19.2 Å². The molecule has 0 fully saturated rings. The van der Waals surface area contributed by atoms with Crippen molar-refractivity contribution in [1.82, 2.24) is 0 Å². The van der Waals surface area contributed by atoms with Gasteiger partial charge in [0.05, 0.1) is 19.6 Å². The van der Waals surface area contributed by atoms with E-state index >= 15 is 0 Å². The molecule has 0 aromatic heterocycles. The molecule has 10 aromatic carbocycles. The van der Waals surface area contributed by atoms with Crippen molar-refractivity contribution in [3.8, 4) is 0 Å². The minimum absolute atomic E-state index is 0. The Bertz CT molecular complexity index is 4140. The van der Waals surface area contributed by atoms with Crippen molar-refractivity contribution in [3.05, 3.63) is 216 Å². The second kappa shape index (κ2) is 25.0. The summed E-state index contributed by atoms with van der Waals surface area (Å²) in [6, 6.07) is 46.6. The van der Waals surface area contributed by atoms with Gasteiger partial charge in [0.15, 0.2) is 0 Å². The molecule has 0 spiro atoms. The predicted molar refractivity (Wildman–Crippen MR) is 292 cm³/mol. The fourth-order valence-corrected chi connectivity index (χ4v) is 10.4. The predicted octanol–water partition coefficient (Wildman–Crippen LogP) is 5.61. The van der Waals surface area contributed by atoms with Crippen molar-refractivity contribution in [3.63, 3.8) is 0 Å². The molecule has 4 N–H and O–H groups in total. The number of carbonyl (C=O) groups is 4. The molecule has 10 rings (SSSR count). The van der Waals surface area contributed by atoms with Crippen LogP contribution in [0.5, 0.6) is 0 Å². The molecular weight excluding hydrogens is 1180 g/mol. The number of anilines is 4. The number of rotatable bonds is 12. The van der Waals surface area contributed by atoms with Crippen molar-refractivity contribution in [1.29, 1.82) is 0 Å². The standard InChI is InChI=1S/2C28H20N2O8S2.Na.Sc/c2*31-27(29-25-8-2-4-17-10-12-21(15-23(17)25)39(33,34)35)19-6-1-7-20(14-19)28(32)30-26-9-3-5-18-11-13-22(16-24(18)26)40(36,37)38;;/h2*1-16H,(H,29,31)(H,30,32)(H,33,34,35)(H,36,37,38);;/q;;+1;+3/p-4. The Labute approximate surface area is 509 Å². The monoisotopic (exact) mass is 1220 g/mol. The minimum Gasteiger partial charge on any atom is -0.744 e. The molecule has 0 unspecified atom stereocenters. The van der Waals surface area contributed by atoms with Gasteiger partial charge < -0.3 is 39.5 Å². The number of benzene rings is 10. The first-order valence-electron chi connectivity index (χ1n) is 23.2. The van der Waals surface area contributed by atoms with E-state index in [1.807, 2.05) is 0 Å². The van der Waals surface area contributed by atoms with Gasteiger partial charge in [-0.05, 0) is 131 Å². The Kier molecular flexibility index (Phi) is 19.0. The van der Waals surface area contributed by atoms with Gasteiger partial charge in [-0.2, -0.15) is 0 Å². The Morgan fingerprint density at radius 2 is 0.476 bits per heavy atom. The number of amides is 4. The van der Waals surface area contributed by atoms with Crippen LogP contribution < -0.4 is 50.8 Å². The summed E-state index contributed by atoms with van der Waals surface area (Å²) in [5, 5.41) is 14.5. The number of fused-ring (bicyclic) bond motifs is 4.